The molecule has 0 saturated carbocycles. The van der Waals surface area contributed by atoms with E-state index in [0.717, 1.165) is 122 Å². The SMILES string of the molecule is CC/C=C\C/C=C\C/C=C\C/C=C\C/C=C\CCCCCC(=O)OC1C(OCC(NC(=O)C(O)CCCCCC/C=C\C/C=C\C/C=C\C/C=C\CCCCC)C(O)/C=C/CCCCCCCCCCCC)OC(CO)C(O)C1O. The van der Waals surface area contributed by atoms with E-state index in [-0.39, 0.29) is 19.4 Å². The summed E-state index contributed by atoms with van der Waals surface area (Å²) in [5, 5.41) is 57.0. The van der Waals surface area contributed by atoms with Crippen molar-refractivity contribution in [1.82, 2.24) is 5.32 Å². The van der Waals surface area contributed by atoms with Crippen molar-refractivity contribution in [1.29, 1.82) is 0 Å². The smallest absolute Gasteiger partial charge is 0.306 e. The predicted molar refractivity (Wildman–Crippen MR) is 333 cm³/mol. The van der Waals surface area contributed by atoms with Gasteiger partial charge in [-0.05, 0) is 116 Å². The highest BCUT2D eigenvalue weighted by Gasteiger charge is 2.47. The van der Waals surface area contributed by atoms with Crippen LogP contribution in [-0.4, -0.2) is 99.6 Å². The van der Waals surface area contributed by atoms with Crippen LogP contribution < -0.4 is 5.32 Å². The number of allylic oxidation sites excluding steroid dienone is 19. The molecule has 11 heteroatoms. The largest absolute Gasteiger partial charge is 0.454 e. The number of unbranched alkanes of at least 4 members (excludes halogenated alkanes) is 20. The second kappa shape index (κ2) is 55.6. The number of hydrogen-bond donors (Lipinski definition) is 6. The maximum absolute atomic E-state index is 13.4. The van der Waals surface area contributed by atoms with E-state index >= 15 is 0 Å². The van der Waals surface area contributed by atoms with Gasteiger partial charge in [-0.3, -0.25) is 9.59 Å². The third kappa shape index (κ3) is 42.8. The summed E-state index contributed by atoms with van der Waals surface area (Å²) >= 11 is 0. The van der Waals surface area contributed by atoms with Gasteiger partial charge in [-0.2, -0.15) is 0 Å². The lowest BCUT2D eigenvalue weighted by atomic mass is 9.99. The van der Waals surface area contributed by atoms with Crippen LogP contribution in [0.25, 0.3) is 0 Å². The van der Waals surface area contributed by atoms with Crippen molar-refractivity contribution < 1.29 is 49.3 Å². The van der Waals surface area contributed by atoms with Crippen molar-refractivity contribution in [3.8, 4) is 0 Å². The molecule has 0 aromatic heterocycles. The number of carbonyl (C=O) groups excluding carboxylic acids is 2. The molecule has 1 fully saturated rings. The number of nitrogens with one attached hydrogen (secondary N) is 1. The summed E-state index contributed by atoms with van der Waals surface area (Å²) in [5.41, 5.74) is 0. The zero-order valence-corrected chi connectivity index (χ0v) is 50.4. The van der Waals surface area contributed by atoms with Crippen LogP contribution in [0.4, 0.5) is 0 Å². The summed E-state index contributed by atoms with van der Waals surface area (Å²) in [5.74, 6) is -1.26. The zero-order chi connectivity index (χ0) is 58.2. The molecule has 8 unspecified atom stereocenters. The molecular weight excluding hydrogens is 1000 g/mol. The van der Waals surface area contributed by atoms with Crippen LogP contribution in [-0.2, 0) is 23.8 Å². The fourth-order valence-electron chi connectivity index (χ4n) is 9.07. The van der Waals surface area contributed by atoms with E-state index in [2.05, 4.69) is 135 Å². The van der Waals surface area contributed by atoms with Gasteiger partial charge in [-0.1, -0.05) is 239 Å². The topological polar surface area (TPSA) is 175 Å². The number of carbonyl (C=O) groups is 2. The van der Waals surface area contributed by atoms with E-state index in [1.54, 1.807) is 6.08 Å². The minimum Gasteiger partial charge on any atom is -0.454 e. The van der Waals surface area contributed by atoms with E-state index in [1.165, 1.54) is 70.6 Å². The Hall–Kier alpha value is -3.94. The van der Waals surface area contributed by atoms with Gasteiger partial charge in [0, 0.05) is 6.42 Å². The zero-order valence-electron chi connectivity index (χ0n) is 50.4. The Balaban J connectivity index is 2.72. The van der Waals surface area contributed by atoms with Gasteiger partial charge >= 0.3 is 5.97 Å². The number of rotatable bonds is 52. The molecule has 1 heterocycles. The fourth-order valence-corrected chi connectivity index (χ4v) is 9.07. The van der Waals surface area contributed by atoms with Gasteiger partial charge in [0.1, 0.15) is 24.4 Å². The first-order valence-electron chi connectivity index (χ1n) is 31.8. The average molecular weight is 1120 g/mol. The molecule has 0 radical (unpaired) electrons. The minimum absolute atomic E-state index is 0.0750. The van der Waals surface area contributed by atoms with E-state index < -0.39 is 67.4 Å². The van der Waals surface area contributed by atoms with Gasteiger partial charge in [-0.15, -0.1) is 0 Å². The number of ether oxygens (including phenoxy) is 3. The molecule has 1 aliphatic heterocycles. The Morgan fingerprint density at radius 3 is 1.38 bits per heavy atom. The van der Waals surface area contributed by atoms with Crippen LogP contribution in [0.15, 0.2) is 122 Å². The molecule has 456 valence electrons. The lowest BCUT2D eigenvalue weighted by molar-refractivity contribution is -0.305. The number of hydrogen-bond acceptors (Lipinski definition) is 10. The maximum atomic E-state index is 13.4. The molecule has 8 atom stereocenters. The first-order chi connectivity index (χ1) is 39.2. The van der Waals surface area contributed by atoms with Crippen LogP contribution in [0.5, 0.6) is 0 Å². The number of amides is 1. The monoisotopic (exact) mass is 1120 g/mol. The van der Waals surface area contributed by atoms with Crippen molar-refractivity contribution in [2.24, 2.45) is 0 Å². The third-order valence-electron chi connectivity index (χ3n) is 14.1. The molecule has 1 saturated heterocycles. The average Bonchev–Trinajstić information content (AvgIpc) is 3.48. The van der Waals surface area contributed by atoms with Crippen LogP contribution in [0, 0.1) is 0 Å². The fraction of sp³-hybridized carbons (Fsp3) is 0.681. The van der Waals surface area contributed by atoms with Crippen molar-refractivity contribution >= 4 is 11.9 Å². The molecule has 11 nitrogen and oxygen atoms in total. The van der Waals surface area contributed by atoms with Crippen molar-refractivity contribution in [3.63, 3.8) is 0 Å². The molecule has 0 aliphatic carbocycles. The summed E-state index contributed by atoms with van der Waals surface area (Å²) < 4.78 is 17.6. The molecular formula is C69H115NO10. The molecule has 80 heavy (non-hydrogen) atoms. The number of aliphatic hydroxyl groups excluding tert-OH is 5. The number of aliphatic hydroxyl groups is 5. The van der Waals surface area contributed by atoms with Gasteiger partial charge in [0.15, 0.2) is 12.4 Å². The Morgan fingerprint density at radius 2 is 0.900 bits per heavy atom. The van der Waals surface area contributed by atoms with Crippen molar-refractivity contribution in [2.45, 2.75) is 288 Å². The molecule has 0 spiro atoms. The third-order valence-corrected chi connectivity index (χ3v) is 14.1. The van der Waals surface area contributed by atoms with Gasteiger partial charge < -0.3 is 45.1 Å². The second-order valence-corrected chi connectivity index (χ2v) is 21.4. The van der Waals surface area contributed by atoms with Crippen LogP contribution in [0.3, 0.4) is 0 Å². The number of esters is 1. The van der Waals surface area contributed by atoms with Crippen LogP contribution in [0.1, 0.15) is 239 Å². The molecule has 1 amide bonds. The first kappa shape index (κ1) is 74.1. The Morgan fingerprint density at radius 1 is 0.500 bits per heavy atom. The van der Waals surface area contributed by atoms with E-state index in [9.17, 15) is 35.1 Å². The molecule has 0 aromatic carbocycles. The standard InChI is InChI=1S/C69H115NO10/c1-4-7-10-13-16-19-22-25-27-29-31-33-34-36-38-41-44-47-50-53-56-62(73)68(77)70-60(61(72)55-52-49-46-43-40-24-21-18-15-12-9-6-3)59-78-69-67(66(76)65(75)63(58-71)79-69)80-64(74)57-54-51-48-45-42-39-37-35-32-30-28-26-23-20-17-14-11-8-5-2/h8,11,16-17,19-20,25-28,31-33,35-36,38-39,42,52,55,60-63,65-67,69,71-73,75-76H,4-7,9-10,12-15,18,21-24,29-30,34,37,40-41,43-51,53-54,56-59H2,1-3H3,(H,70,77)/b11-8-,19-16-,20-17-,27-25-,28-26-,33-31-,35-32-,38-36-,42-39-,55-52+. The van der Waals surface area contributed by atoms with Crippen LogP contribution in [0.2, 0.25) is 0 Å². The molecule has 6 N–H and O–H groups in total. The van der Waals surface area contributed by atoms with Crippen LogP contribution >= 0.6 is 0 Å². The quantitative estimate of drug-likeness (QED) is 0.0195. The summed E-state index contributed by atoms with van der Waals surface area (Å²) in [6, 6.07) is -1.05. The lowest BCUT2D eigenvalue weighted by Gasteiger charge is -2.41. The molecule has 0 bridgehead atoms. The summed E-state index contributed by atoms with van der Waals surface area (Å²) in [6.07, 6.45) is 66.5. The summed E-state index contributed by atoms with van der Waals surface area (Å²) in [4.78, 5) is 26.6. The highest BCUT2D eigenvalue weighted by atomic mass is 16.7. The van der Waals surface area contributed by atoms with E-state index in [0.29, 0.717) is 12.8 Å². The van der Waals surface area contributed by atoms with Gasteiger partial charge in [-0.25, -0.2) is 0 Å². The maximum Gasteiger partial charge on any atom is 0.306 e. The highest BCUT2D eigenvalue weighted by Crippen LogP contribution is 2.26. The normalized spacial score (nSPS) is 19.6. The molecule has 0 aromatic rings. The van der Waals surface area contributed by atoms with E-state index in [4.69, 9.17) is 14.2 Å². The van der Waals surface area contributed by atoms with Crippen molar-refractivity contribution in [2.75, 3.05) is 13.2 Å². The Bertz CT molecular complexity index is 1760. The van der Waals surface area contributed by atoms with Crippen molar-refractivity contribution in [3.05, 3.63) is 122 Å². The molecule has 1 rings (SSSR count). The predicted octanol–water partition coefficient (Wildman–Crippen LogP) is 15.4. The lowest BCUT2D eigenvalue weighted by Crippen LogP contribution is -2.61. The summed E-state index contributed by atoms with van der Waals surface area (Å²) in [7, 11) is 0. The molecule has 1 aliphatic rings. The Kier molecular flexibility index (Phi) is 51.5. The van der Waals surface area contributed by atoms with Gasteiger partial charge in [0.25, 0.3) is 0 Å². The first-order valence-corrected chi connectivity index (χ1v) is 31.8. The van der Waals surface area contributed by atoms with Gasteiger partial charge in [0.2, 0.25) is 5.91 Å². The minimum atomic E-state index is -1.64. The second-order valence-electron chi connectivity index (χ2n) is 21.4. The Labute approximate surface area is 487 Å². The highest BCUT2D eigenvalue weighted by molar-refractivity contribution is 5.80. The summed E-state index contributed by atoms with van der Waals surface area (Å²) in [6.45, 7) is 5.61. The van der Waals surface area contributed by atoms with E-state index in [1.807, 2.05) is 6.08 Å². The van der Waals surface area contributed by atoms with Gasteiger partial charge in [0.05, 0.1) is 25.4 Å².